The molecule has 1 aromatic heterocycles. The Balaban J connectivity index is 1.31. The first-order valence-corrected chi connectivity index (χ1v) is 17.9. The van der Waals surface area contributed by atoms with E-state index < -0.39 is 0 Å². The van der Waals surface area contributed by atoms with Crippen LogP contribution in [-0.2, 0) is 0 Å². The average Bonchev–Trinajstić information content (AvgIpc) is 3.59. The summed E-state index contributed by atoms with van der Waals surface area (Å²) in [7, 11) is 0. The van der Waals surface area contributed by atoms with Crippen molar-refractivity contribution in [3.63, 3.8) is 0 Å². The molecule has 0 N–H and O–H groups in total. The van der Waals surface area contributed by atoms with Gasteiger partial charge >= 0.3 is 0 Å². The van der Waals surface area contributed by atoms with Gasteiger partial charge in [-0.1, -0.05) is 152 Å². The lowest BCUT2D eigenvalue weighted by molar-refractivity contribution is 1.31. The fraction of sp³-hybridized carbons (Fsp3) is 0. The fourth-order valence-electron chi connectivity index (χ4n) is 7.68. The molecule has 0 bridgehead atoms. The Morgan fingerprint density at radius 1 is 0.360 bits per heavy atom. The number of rotatable bonds is 5. The van der Waals surface area contributed by atoms with Gasteiger partial charge in [0.25, 0.3) is 0 Å². The first-order chi connectivity index (χ1) is 24.8. The van der Waals surface area contributed by atoms with Crippen molar-refractivity contribution >= 4 is 80.9 Å². The van der Waals surface area contributed by atoms with Crippen LogP contribution in [0.25, 0.3) is 74.7 Å². The van der Waals surface area contributed by atoms with E-state index in [9.17, 15) is 0 Å². The largest absolute Gasteiger partial charge is 0.309 e. The van der Waals surface area contributed by atoms with Crippen LogP contribution in [0.2, 0.25) is 0 Å². The summed E-state index contributed by atoms with van der Waals surface area (Å²) in [6.07, 6.45) is 0. The molecule has 0 aliphatic rings. The molecular weight excluding hydrogens is 623 g/mol. The Bertz CT molecular complexity index is 2870. The maximum Gasteiger partial charge on any atom is 0.0646 e. The highest BCUT2D eigenvalue weighted by atomic mass is 32.1. The summed E-state index contributed by atoms with van der Waals surface area (Å²) in [5.41, 5.74) is 8.27. The van der Waals surface area contributed by atoms with Crippen LogP contribution in [0.15, 0.2) is 188 Å². The molecule has 0 saturated carbocycles. The molecule has 1 nitrogen and oxygen atoms in total. The minimum absolute atomic E-state index is 1.12. The molecule has 0 fully saturated rings. The zero-order chi connectivity index (χ0) is 33.0. The van der Waals surface area contributed by atoms with Gasteiger partial charge in [-0.05, 0) is 91.0 Å². The highest BCUT2D eigenvalue weighted by molar-refractivity contribution is 7.26. The summed E-state index contributed by atoms with van der Waals surface area (Å²) < 4.78 is 2.59. The molecule has 0 spiro atoms. The lowest BCUT2D eigenvalue weighted by atomic mass is 9.93. The smallest absolute Gasteiger partial charge is 0.0646 e. The summed E-state index contributed by atoms with van der Waals surface area (Å²) in [5, 5.41) is 10.2. The molecule has 0 unspecified atom stereocenters. The SMILES string of the molecule is c1ccc(-c2ccc(N(c3ccc4ccc5ccccc5c4c3)c3cc4ccccc4c4c3sc3ccccc34)cc2-c2ccccc2)cc1. The van der Waals surface area contributed by atoms with Crippen LogP contribution < -0.4 is 4.90 Å². The van der Waals surface area contributed by atoms with Gasteiger partial charge in [0.05, 0.1) is 10.4 Å². The van der Waals surface area contributed by atoms with Gasteiger partial charge in [-0.25, -0.2) is 0 Å². The maximum atomic E-state index is 2.49. The lowest BCUT2D eigenvalue weighted by Crippen LogP contribution is -2.10. The summed E-state index contributed by atoms with van der Waals surface area (Å²) >= 11 is 1.89. The fourth-order valence-corrected chi connectivity index (χ4v) is 8.90. The topological polar surface area (TPSA) is 3.24 Å². The third-order valence-electron chi connectivity index (χ3n) is 10.0. The van der Waals surface area contributed by atoms with E-state index in [4.69, 9.17) is 0 Å². The first kappa shape index (κ1) is 28.8. The molecule has 0 atom stereocenters. The molecule has 0 amide bonds. The summed E-state index contributed by atoms with van der Waals surface area (Å²) in [5.74, 6) is 0. The Labute approximate surface area is 294 Å². The monoisotopic (exact) mass is 653 g/mol. The van der Waals surface area contributed by atoms with E-state index in [-0.39, 0.29) is 0 Å². The van der Waals surface area contributed by atoms with E-state index in [0.717, 1.165) is 11.4 Å². The normalized spacial score (nSPS) is 11.6. The Hall–Kier alpha value is -6.22. The van der Waals surface area contributed by atoms with Crippen molar-refractivity contribution < 1.29 is 0 Å². The number of hydrogen-bond acceptors (Lipinski definition) is 2. The standard InChI is InChI=1S/C48H31NS/c1-3-13-32(14-4-1)40-28-27-38(31-43(40)33-15-5-2-6-16-33)49(37-26-25-35-24-23-34-17-7-9-19-39(34)44(35)30-37)45-29-36-18-8-10-20-41(36)47-42-21-11-12-22-46(42)50-48(45)47/h1-31H. The zero-order valence-corrected chi connectivity index (χ0v) is 28.1. The third kappa shape index (κ3) is 4.69. The zero-order valence-electron chi connectivity index (χ0n) is 27.3. The van der Waals surface area contributed by atoms with Gasteiger partial charge < -0.3 is 4.90 Å². The number of hydrogen-bond donors (Lipinski definition) is 0. The van der Waals surface area contributed by atoms with Gasteiger partial charge in [0, 0.05) is 26.8 Å². The van der Waals surface area contributed by atoms with Crippen LogP contribution in [0.3, 0.4) is 0 Å². The van der Waals surface area contributed by atoms with Crippen LogP contribution in [0.5, 0.6) is 0 Å². The Kier molecular flexibility index (Phi) is 6.75. The van der Waals surface area contributed by atoms with E-state index in [0.29, 0.717) is 0 Å². The highest BCUT2D eigenvalue weighted by Crippen LogP contribution is 2.49. The van der Waals surface area contributed by atoms with Crippen LogP contribution in [-0.4, -0.2) is 0 Å². The van der Waals surface area contributed by atoms with Crippen molar-refractivity contribution in [2.45, 2.75) is 0 Å². The van der Waals surface area contributed by atoms with Gasteiger partial charge in [0.1, 0.15) is 0 Å². The number of thiophene rings is 1. The molecule has 234 valence electrons. The molecule has 10 aromatic rings. The number of fused-ring (bicyclic) bond motifs is 8. The minimum atomic E-state index is 1.12. The van der Waals surface area contributed by atoms with Gasteiger partial charge in [-0.2, -0.15) is 0 Å². The molecule has 2 heteroatoms. The van der Waals surface area contributed by atoms with E-state index >= 15 is 0 Å². The lowest BCUT2D eigenvalue weighted by Gasteiger charge is -2.28. The van der Waals surface area contributed by atoms with Crippen molar-refractivity contribution in [3.05, 3.63) is 188 Å². The second-order valence-corrected chi connectivity index (χ2v) is 14.0. The van der Waals surface area contributed by atoms with Gasteiger partial charge in [0.2, 0.25) is 0 Å². The molecule has 0 saturated heterocycles. The Morgan fingerprint density at radius 3 is 1.70 bits per heavy atom. The molecule has 10 rings (SSSR count). The maximum absolute atomic E-state index is 2.49. The predicted octanol–water partition coefficient (Wildman–Crippen LogP) is 14.3. The van der Waals surface area contributed by atoms with E-state index in [1.54, 1.807) is 0 Å². The van der Waals surface area contributed by atoms with Crippen LogP contribution in [0, 0.1) is 0 Å². The van der Waals surface area contributed by atoms with Crippen LogP contribution in [0.4, 0.5) is 17.1 Å². The molecule has 0 aliphatic carbocycles. The van der Waals surface area contributed by atoms with Gasteiger partial charge in [-0.15, -0.1) is 11.3 Å². The van der Waals surface area contributed by atoms with Crippen molar-refractivity contribution in [2.75, 3.05) is 4.90 Å². The molecule has 0 aliphatic heterocycles. The molecule has 1 heterocycles. The quantitative estimate of drug-likeness (QED) is 0.167. The molecule has 0 radical (unpaired) electrons. The molecular formula is C48H31NS. The van der Waals surface area contributed by atoms with Crippen molar-refractivity contribution in [1.29, 1.82) is 0 Å². The first-order valence-electron chi connectivity index (χ1n) is 17.1. The van der Waals surface area contributed by atoms with Gasteiger partial charge in [-0.3, -0.25) is 0 Å². The van der Waals surface area contributed by atoms with E-state index in [1.165, 1.54) is 80.4 Å². The molecule has 9 aromatic carbocycles. The summed E-state index contributed by atoms with van der Waals surface area (Å²) in [4.78, 5) is 2.49. The van der Waals surface area contributed by atoms with Crippen LogP contribution in [0.1, 0.15) is 0 Å². The summed E-state index contributed by atoms with van der Waals surface area (Å²) in [6.45, 7) is 0. The second kappa shape index (κ2) is 11.7. The van der Waals surface area contributed by atoms with Gasteiger partial charge in [0.15, 0.2) is 0 Å². The highest BCUT2D eigenvalue weighted by Gasteiger charge is 2.22. The number of benzene rings is 9. The number of nitrogens with zero attached hydrogens (tertiary/aromatic N) is 1. The van der Waals surface area contributed by atoms with Crippen molar-refractivity contribution in [2.24, 2.45) is 0 Å². The van der Waals surface area contributed by atoms with E-state index in [1.807, 2.05) is 11.3 Å². The van der Waals surface area contributed by atoms with Crippen molar-refractivity contribution in [3.8, 4) is 22.3 Å². The Morgan fingerprint density at radius 2 is 0.920 bits per heavy atom. The average molecular weight is 654 g/mol. The number of anilines is 3. The van der Waals surface area contributed by atoms with Crippen LogP contribution >= 0.6 is 11.3 Å². The minimum Gasteiger partial charge on any atom is -0.309 e. The third-order valence-corrected chi connectivity index (χ3v) is 11.2. The summed E-state index contributed by atoms with van der Waals surface area (Å²) in [6, 6.07) is 68.8. The van der Waals surface area contributed by atoms with Crippen molar-refractivity contribution in [1.82, 2.24) is 0 Å². The second-order valence-electron chi connectivity index (χ2n) is 12.9. The predicted molar refractivity (Wildman–Crippen MR) is 217 cm³/mol. The molecule has 50 heavy (non-hydrogen) atoms. The van der Waals surface area contributed by atoms with E-state index in [2.05, 4.69) is 193 Å².